The Kier molecular flexibility index (Phi) is 4.51. The smallest absolute Gasteiger partial charge is 0.160 e. The van der Waals surface area contributed by atoms with Crippen molar-refractivity contribution in [2.24, 2.45) is 0 Å². The largest absolute Gasteiger partial charge is 0.307 e. The number of benzene rings is 10. The fourth-order valence-electron chi connectivity index (χ4n) is 9.00. The maximum Gasteiger partial charge on any atom is 0.160 e. The van der Waals surface area contributed by atoms with Gasteiger partial charge in [0.15, 0.2) is 5.82 Å². The van der Waals surface area contributed by atoms with E-state index >= 15 is 0 Å². The van der Waals surface area contributed by atoms with Crippen LogP contribution in [-0.4, -0.2) is 23.7 Å². The molecule has 0 spiro atoms. The van der Waals surface area contributed by atoms with Gasteiger partial charge in [0, 0.05) is 49.0 Å². The summed E-state index contributed by atoms with van der Waals surface area (Å²) in [4.78, 5) is 9.78. The molecule has 0 aliphatic carbocycles. The molecule has 14 rings (SSSR count). The van der Waals surface area contributed by atoms with Gasteiger partial charge in [0.2, 0.25) is 0 Å². The molecule has 0 saturated heterocycles. The van der Waals surface area contributed by atoms with E-state index in [4.69, 9.17) is 22.3 Å². The Bertz CT molecular complexity index is 5610. The third-order valence-electron chi connectivity index (χ3n) is 11.9. The van der Waals surface area contributed by atoms with Crippen LogP contribution in [0.3, 0.4) is 0 Å². The average Bonchev–Trinajstić information content (AvgIpc) is 1.52. The van der Waals surface area contributed by atoms with Gasteiger partial charge in [-0.3, -0.25) is 0 Å². The molecule has 5 nitrogen and oxygen atoms in total. The Labute approximate surface area is 438 Å². The number of aromatic nitrogens is 5. The minimum absolute atomic E-state index is 0.0312. The Balaban J connectivity index is 1.35. The normalized spacial score (nSPS) is 17.7. The van der Waals surface area contributed by atoms with Crippen molar-refractivity contribution in [2.45, 2.75) is 0 Å². The highest BCUT2D eigenvalue weighted by atomic mass is 15.1. The van der Waals surface area contributed by atoms with Gasteiger partial charge in [0.05, 0.1) is 101 Å². The molecule has 0 fully saturated rings. The van der Waals surface area contributed by atoms with E-state index in [1.54, 1.807) is 42.5 Å². The van der Waals surface area contributed by atoms with Crippen molar-refractivity contribution in [3.63, 3.8) is 0 Å². The first kappa shape index (κ1) is 19.9. The summed E-state index contributed by atoms with van der Waals surface area (Å²) in [5.41, 5.74) is -5.44. The van der Waals surface area contributed by atoms with Crippen LogP contribution < -0.4 is 0 Å². The second-order valence-corrected chi connectivity index (χ2v) is 15.6. The summed E-state index contributed by atoms with van der Waals surface area (Å²) < 4.78 is 273. The summed E-state index contributed by atoms with van der Waals surface area (Å²) >= 11 is 0. The highest BCUT2D eigenvalue weighted by molar-refractivity contribution is 6.14. The molecule has 0 bridgehead atoms. The predicted octanol–water partition coefficient (Wildman–Crippen LogP) is 16.4. The van der Waals surface area contributed by atoms with Gasteiger partial charge in [-0.05, 0) is 71.6 Å². The zero-order chi connectivity index (χ0) is 70.7. The van der Waals surface area contributed by atoms with Gasteiger partial charge in [-0.15, -0.1) is 0 Å². The highest BCUT2D eigenvalue weighted by Crippen LogP contribution is 2.45. The fourth-order valence-corrected chi connectivity index (χ4v) is 9.00. The zero-order valence-corrected chi connectivity index (χ0v) is 35.2. The number of hydrogen-bond acceptors (Lipinski definition) is 2. The van der Waals surface area contributed by atoms with E-state index in [-0.39, 0.29) is 17.0 Å². The van der Waals surface area contributed by atoms with Crippen molar-refractivity contribution >= 4 is 65.4 Å². The number of fused-ring (bicyclic) bond motifs is 9. The quantitative estimate of drug-likeness (QED) is 0.160. The number of nitrogens with zero attached hydrogens (tertiary/aromatic N) is 5. The zero-order valence-electron chi connectivity index (χ0n) is 64.2. The lowest BCUT2D eigenvalue weighted by molar-refractivity contribution is 1.05. The van der Waals surface area contributed by atoms with Crippen LogP contribution in [-0.2, 0) is 0 Å². The van der Waals surface area contributed by atoms with Crippen molar-refractivity contribution in [1.29, 1.82) is 0 Å². The first-order valence-electron chi connectivity index (χ1n) is 35.6. The van der Waals surface area contributed by atoms with Crippen molar-refractivity contribution < 1.29 is 39.8 Å². The molecular weight excluding hydrogens is 839 g/mol. The summed E-state index contributed by atoms with van der Waals surface area (Å²) in [7, 11) is 0. The SMILES string of the molecule is [2H]c1c([2H])c([2H])c(-c2nc(-c3cccc(-c4ccccc4)c3)cc(-c3cc(-n4c5c([2H])c([2H])c([2H])c([2H])c5c5c([2H])c([2H])c([2H])c([2H])c54)c(-n4c5c([2H])c([2H])c([2H])c([2H])c5c5c([2H])c([2H])c([2H])c([2H])c54)c(-n4c5c([2H])c([2H])c([2H])c([2H])c5c5c([2H])c([2H])c([2H])c([2H])c54)c3)n2)c([2H])c1[2H]. The first-order valence-corrected chi connectivity index (χ1v) is 21.1. The van der Waals surface area contributed by atoms with Gasteiger partial charge in [-0.1, -0.05) is 188 Å². The van der Waals surface area contributed by atoms with Gasteiger partial charge >= 0.3 is 0 Å². The number of hydrogen-bond donors (Lipinski definition) is 0. The standard InChI is InChI=1S/C64H41N5/c1-3-20-42(21-4-1)44-24-19-25-45(38-44)53-41-54(66-64(65-53)43-22-5-2-6-23-43)46-39-61(67-55-32-13-7-26-47(55)48-27-8-14-33-56(48)67)63(69-59-36-17-11-30-51(59)52-31-12-18-37-60(52)69)62(40-46)68-57-34-15-9-28-49(57)50-29-10-16-35-58(50)68/h1-41H/i2D,5D,6D,7D,8D,9D,10D,11D,12D,13D,14D,15D,16D,17D,18D,22D,23D,26D,27D,28D,29D,30D,31D,32D,33D,34D,35D,36D,37D. The second-order valence-electron chi connectivity index (χ2n) is 15.6. The molecule has 4 aromatic heterocycles. The van der Waals surface area contributed by atoms with E-state index in [0.29, 0.717) is 11.1 Å². The van der Waals surface area contributed by atoms with Crippen molar-refractivity contribution in [1.82, 2.24) is 23.7 Å². The Hall–Kier alpha value is -9.32. The van der Waals surface area contributed by atoms with Crippen molar-refractivity contribution in [3.8, 4) is 62.1 Å². The molecule has 322 valence electrons. The Morgan fingerprint density at radius 3 is 1.13 bits per heavy atom. The third-order valence-corrected chi connectivity index (χ3v) is 11.9. The molecule has 0 unspecified atom stereocenters. The molecule has 69 heavy (non-hydrogen) atoms. The van der Waals surface area contributed by atoms with Gasteiger partial charge < -0.3 is 13.7 Å². The summed E-state index contributed by atoms with van der Waals surface area (Å²) in [5.74, 6) is -0.540. The highest BCUT2D eigenvalue weighted by Gasteiger charge is 2.27. The molecule has 0 saturated carbocycles. The third kappa shape index (κ3) is 6.18. The lowest BCUT2D eigenvalue weighted by Gasteiger charge is -2.23. The van der Waals surface area contributed by atoms with Crippen LogP contribution in [0.1, 0.15) is 39.8 Å². The molecule has 10 aromatic carbocycles. The summed E-state index contributed by atoms with van der Waals surface area (Å²) in [6, 6.07) is -6.25. The molecule has 0 radical (unpaired) electrons. The minimum atomic E-state index is -0.966. The number of para-hydroxylation sites is 6. The van der Waals surface area contributed by atoms with Crippen LogP contribution in [0, 0.1) is 0 Å². The van der Waals surface area contributed by atoms with E-state index in [9.17, 15) is 27.4 Å². The molecule has 0 atom stereocenters. The van der Waals surface area contributed by atoms with Gasteiger partial charge in [0.1, 0.15) is 0 Å². The maximum absolute atomic E-state index is 9.87. The monoisotopic (exact) mass is 909 g/mol. The number of rotatable bonds is 7. The van der Waals surface area contributed by atoms with Crippen molar-refractivity contribution in [2.75, 3.05) is 0 Å². The van der Waals surface area contributed by atoms with Crippen LogP contribution in [0.5, 0.6) is 0 Å². The van der Waals surface area contributed by atoms with Crippen LogP contribution >= 0.6 is 0 Å². The molecular formula is C64H41N5. The molecule has 5 heteroatoms. The summed E-state index contributed by atoms with van der Waals surface area (Å²) in [6.45, 7) is 0. The second kappa shape index (κ2) is 15.7. The van der Waals surface area contributed by atoms with Crippen LogP contribution in [0.15, 0.2) is 248 Å². The fraction of sp³-hybridized carbons (Fsp3) is 0. The Morgan fingerprint density at radius 2 is 0.667 bits per heavy atom. The van der Waals surface area contributed by atoms with E-state index < -0.39 is 269 Å². The van der Waals surface area contributed by atoms with E-state index in [1.165, 1.54) is 18.2 Å². The Morgan fingerprint density at radius 1 is 0.290 bits per heavy atom. The minimum Gasteiger partial charge on any atom is -0.307 e. The average molecular weight is 909 g/mol. The predicted molar refractivity (Wildman–Crippen MR) is 287 cm³/mol. The first-order chi connectivity index (χ1) is 46.3. The molecule has 14 aromatic rings. The van der Waals surface area contributed by atoms with Crippen LogP contribution in [0.2, 0.25) is 0 Å². The topological polar surface area (TPSA) is 40.6 Å². The summed E-state index contributed by atoms with van der Waals surface area (Å²) in [6.07, 6.45) is 0. The van der Waals surface area contributed by atoms with Crippen LogP contribution in [0.4, 0.5) is 0 Å². The van der Waals surface area contributed by atoms with Crippen LogP contribution in [0.25, 0.3) is 128 Å². The molecule has 0 amide bonds. The van der Waals surface area contributed by atoms with Gasteiger partial charge in [0.25, 0.3) is 0 Å². The van der Waals surface area contributed by atoms with Crippen molar-refractivity contribution in [3.05, 3.63) is 248 Å². The van der Waals surface area contributed by atoms with E-state index in [2.05, 4.69) is 0 Å². The maximum atomic E-state index is 9.87. The molecule has 0 N–H and O–H groups in total. The summed E-state index contributed by atoms with van der Waals surface area (Å²) in [5, 5.41) is -3.34. The van der Waals surface area contributed by atoms with E-state index in [1.807, 2.05) is 12.1 Å². The molecule has 0 aliphatic heterocycles. The molecule has 4 heterocycles. The van der Waals surface area contributed by atoms with E-state index in [0.717, 1.165) is 19.3 Å². The lowest BCUT2D eigenvalue weighted by atomic mass is 10.00. The molecule has 0 aliphatic rings. The van der Waals surface area contributed by atoms with Gasteiger partial charge in [-0.25, -0.2) is 9.97 Å². The lowest BCUT2D eigenvalue weighted by Crippen LogP contribution is -2.10. The van der Waals surface area contributed by atoms with Gasteiger partial charge in [-0.2, -0.15) is 0 Å².